The summed E-state index contributed by atoms with van der Waals surface area (Å²) in [6.07, 6.45) is 6.78. The van der Waals surface area contributed by atoms with Crippen molar-refractivity contribution in [3.8, 4) is 5.75 Å². The van der Waals surface area contributed by atoms with Crippen molar-refractivity contribution in [1.29, 1.82) is 0 Å². The molecule has 2 aliphatic rings. The lowest BCUT2D eigenvalue weighted by atomic mass is 9.79. The van der Waals surface area contributed by atoms with E-state index in [4.69, 9.17) is 4.74 Å². The van der Waals surface area contributed by atoms with Crippen LogP contribution in [0.3, 0.4) is 0 Å². The van der Waals surface area contributed by atoms with Crippen LogP contribution in [0.1, 0.15) is 39.0 Å². The molecule has 1 saturated heterocycles. The van der Waals surface area contributed by atoms with Crippen molar-refractivity contribution in [2.75, 3.05) is 25.1 Å². The molecule has 1 saturated carbocycles. The molecule has 1 heterocycles. The zero-order valence-electron chi connectivity index (χ0n) is 12.7. The van der Waals surface area contributed by atoms with Crippen LogP contribution in [-0.4, -0.2) is 31.8 Å². The first-order chi connectivity index (χ1) is 9.72. The molecule has 0 bridgehead atoms. The van der Waals surface area contributed by atoms with Crippen molar-refractivity contribution in [3.63, 3.8) is 0 Å². The van der Waals surface area contributed by atoms with Crippen LogP contribution >= 0.6 is 0 Å². The van der Waals surface area contributed by atoms with Crippen molar-refractivity contribution in [3.05, 3.63) is 24.3 Å². The van der Waals surface area contributed by atoms with Crippen LogP contribution in [0.15, 0.2) is 24.3 Å². The van der Waals surface area contributed by atoms with Crippen LogP contribution in [0.2, 0.25) is 0 Å². The SMILES string of the molecule is COc1cccc(N2CC3(CCCCC3)NCC2C)c1. The Labute approximate surface area is 122 Å². The third-order valence-electron chi connectivity index (χ3n) is 4.97. The minimum Gasteiger partial charge on any atom is -0.497 e. The molecular formula is C17H26N2O. The molecular weight excluding hydrogens is 248 g/mol. The minimum absolute atomic E-state index is 0.341. The van der Waals surface area contributed by atoms with Crippen LogP contribution in [0.4, 0.5) is 5.69 Å². The monoisotopic (exact) mass is 274 g/mol. The third kappa shape index (κ3) is 2.64. The van der Waals surface area contributed by atoms with Gasteiger partial charge in [-0.15, -0.1) is 0 Å². The van der Waals surface area contributed by atoms with Crippen molar-refractivity contribution in [2.24, 2.45) is 0 Å². The summed E-state index contributed by atoms with van der Waals surface area (Å²) in [5.41, 5.74) is 1.64. The maximum Gasteiger partial charge on any atom is 0.120 e. The fourth-order valence-corrected chi connectivity index (χ4v) is 3.71. The van der Waals surface area contributed by atoms with E-state index < -0.39 is 0 Å². The number of methoxy groups -OCH3 is 1. The van der Waals surface area contributed by atoms with Crippen molar-refractivity contribution in [1.82, 2.24) is 5.32 Å². The second-order valence-electron chi connectivity index (χ2n) is 6.40. The minimum atomic E-state index is 0.341. The standard InChI is InChI=1S/C17H26N2O/c1-14-12-18-17(9-4-3-5-10-17)13-19(14)15-7-6-8-16(11-15)20-2/h6-8,11,14,18H,3-5,9-10,12-13H2,1-2H3. The van der Waals surface area contributed by atoms with E-state index in [2.05, 4.69) is 35.3 Å². The lowest BCUT2D eigenvalue weighted by molar-refractivity contribution is 0.200. The molecule has 20 heavy (non-hydrogen) atoms. The fourth-order valence-electron chi connectivity index (χ4n) is 3.71. The quantitative estimate of drug-likeness (QED) is 0.896. The smallest absolute Gasteiger partial charge is 0.120 e. The summed E-state index contributed by atoms with van der Waals surface area (Å²) in [5, 5.41) is 3.84. The summed E-state index contributed by atoms with van der Waals surface area (Å²) in [6, 6.07) is 9.03. The number of hydrogen-bond donors (Lipinski definition) is 1. The highest BCUT2D eigenvalue weighted by molar-refractivity contribution is 5.52. The molecule has 3 rings (SSSR count). The Kier molecular flexibility index (Phi) is 3.88. The van der Waals surface area contributed by atoms with E-state index in [1.54, 1.807) is 7.11 Å². The fraction of sp³-hybridized carbons (Fsp3) is 0.647. The summed E-state index contributed by atoms with van der Waals surface area (Å²) >= 11 is 0. The molecule has 1 aliphatic heterocycles. The Balaban J connectivity index is 1.82. The first-order valence-corrected chi connectivity index (χ1v) is 7.88. The van der Waals surface area contributed by atoms with Gasteiger partial charge in [0.1, 0.15) is 5.75 Å². The van der Waals surface area contributed by atoms with E-state index in [0.29, 0.717) is 11.6 Å². The van der Waals surface area contributed by atoms with Gasteiger partial charge < -0.3 is 15.0 Å². The lowest BCUT2D eigenvalue weighted by Crippen LogP contribution is -2.64. The largest absolute Gasteiger partial charge is 0.497 e. The van der Waals surface area contributed by atoms with Gasteiger partial charge in [-0.25, -0.2) is 0 Å². The van der Waals surface area contributed by atoms with Crippen LogP contribution < -0.4 is 15.0 Å². The molecule has 1 unspecified atom stereocenters. The molecule has 2 fully saturated rings. The Bertz CT molecular complexity index is 454. The van der Waals surface area contributed by atoms with Crippen molar-refractivity contribution in [2.45, 2.75) is 50.6 Å². The predicted molar refractivity (Wildman–Crippen MR) is 83.6 cm³/mol. The van der Waals surface area contributed by atoms with Gasteiger partial charge in [-0.3, -0.25) is 0 Å². The average Bonchev–Trinajstić information content (AvgIpc) is 2.51. The number of rotatable bonds is 2. The molecule has 0 amide bonds. The maximum atomic E-state index is 5.38. The Morgan fingerprint density at radius 3 is 2.80 bits per heavy atom. The van der Waals surface area contributed by atoms with E-state index in [1.165, 1.54) is 37.8 Å². The van der Waals surface area contributed by atoms with Gasteiger partial charge in [0, 0.05) is 36.4 Å². The molecule has 0 aromatic heterocycles. The maximum absolute atomic E-state index is 5.38. The summed E-state index contributed by atoms with van der Waals surface area (Å²) in [5.74, 6) is 0.950. The Hall–Kier alpha value is -1.22. The zero-order chi connectivity index (χ0) is 14.0. The Morgan fingerprint density at radius 1 is 1.25 bits per heavy atom. The average molecular weight is 274 g/mol. The predicted octanol–water partition coefficient (Wildman–Crippen LogP) is 3.20. The lowest BCUT2D eigenvalue weighted by Gasteiger charge is -2.50. The van der Waals surface area contributed by atoms with E-state index >= 15 is 0 Å². The first kappa shape index (κ1) is 13.7. The van der Waals surface area contributed by atoms with Gasteiger partial charge in [0.15, 0.2) is 0 Å². The highest BCUT2D eigenvalue weighted by Gasteiger charge is 2.38. The van der Waals surface area contributed by atoms with Gasteiger partial charge in [0.2, 0.25) is 0 Å². The van der Waals surface area contributed by atoms with Crippen LogP contribution in [0.5, 0.6) is 5.75 Å². The molecule has 1 N–H and O–H groups in total. The van der Waals surface area contributed by atoms with Crippen LogP contribution in [-0.2, 0) is 0 Å². The zero-order valence-corrected chi connectivity index (χ0v) is 12.7. The van der Waals surface area contributed by atoms with Gasteiger partial charge in [0.05, 0.1) is 7.11 Å². The van der Waals surface area contributed by atoms with E-state index in [-0.39, 0.29) is 0 Å². The second-order valence-corrected chi connectivity index (χ2v) is 6.40. The molecule has 1 aliphatic carbocycles. The molecule has 1 aromatic rings. The molecule has 0 radical (unpaired) electrons. The van der Waals surface area contributed by atoms with Gasteiger partial charge in [-0.05, 0) is 31.9 Å². The normalized spacial score (nSPS) is 25.7. The highest BCUT2D eigenvalue weighted by atomic mass is 16.5. The van der Waals surface area contributed by atoms with E-state index in [0.717, 1.165) is 18.8 Å². The van der Waals surface area contributed by atoms with Crippen LogP contribution in [0.25, 0.3) is 0 Å². The molecule has 1 aromatic carbocycles. The van der Waals surface area contributed by atoms with Gasteiger partial charge in [-0.2, -0.15) is 0 Å². The summed E-state index contributed by atoms with van der Waals surface area (Å²) in [4.78, 5) is 2.56. The number of nitrogens with one attached hydrogen (secondary N) is 1. The molecule has 3 heteroatoms. The summed E-state index contributed by atoms with van der Waals surface area (Å²) in [6.45, 7) is 4.51. The van der Waals surface area contributed by atoms with Gasteiger partial charge in [0.25, 0.3) is 0 Å². The summed E-state index contributed by atoms with van der Waals surface area (Å²) in [7, 11) is 1.74. The summed E-state index contributed by atoms with van der Waals surface area (Å²) < 4.78 is 5.38. The Morgan fingerprint density at radius 2 is 2.05 bits per heavy atom. The van der Waals surface area contributed by atoms with Crippen LogP contribution in [0, 0.1) is 0 Å². The van der Waals surface area contributed by atoms with Gasteiger partial charge in [-0.1, -0.05) is 25.3 Å². The molecule has 110 valence electrons. The number of benzene rings is 1. The number of ether oxygens (including phenoxy) is 1. The number of anilines is 1. The molecule has 1 spiro atoms. The van der Waals surface area contributed by atoms with Crippen molar-refractivity contribution < 1.29 is 4.74 Å². The number of piperazine rings is 1. The third-order valence-corrected chi connectivity index (χ3v) is 4.97. The van der Waals surface area contributed by atoms with Gasteiger partial charge >= 0.3 is 0 Å². The number of nitrogens with zero attached hydrogens (tertiary/aromatic N) is 1. The van der Waals surface area contributed by atoms with E-state index in [9.17, 15) is 0 Å². The first-order valence-electron chi connectivity index (χ1n) is 7.88. The highest BCUT2D eigenvalue weighted by Crippen LogP contribution is 2.34. The van der Waals surface area contributed by atoms with Crippen molar-refractivity contribution >= 4 is 5.69 Å². The number of hydrogen-bond acceptors (Lipinski definition) is 3. The molecule has 3 nitrogen and oxygen atoms in total. The second kappa shape index (κ2) is 5.65. The topological polar surface area (TPSA) is 24.5 Å². The van der Waals surface area contributed by atoms with E-state index in [1.807, 2.05) is 6.07 Å². The molecule has 1 atom stereocenters.